The summed E-state index contributed by atoms with van der Waals surface area (Å²) in [5.41, 5.74) is 12.9. The maximum absolute atomic E-state index is 2.65. The predicted octanol–water partition coefficient (Wildman–Crippen LogP) is 8.98. The third-order valence-electron chi connectivity index (χ3n) is 9.58. The second-order valence-corrected chi connectivity index (χ2v) is 11.0. The molecule has 3 unspecified atom stereocenters. The highest BCUT2D eigenvalue weighted by Crippen LogP contribution is 2.70. The minimum atomic E-state index is 0.0945. The van der Waals surface area contributed by atoms with Crippen LogP contribution in [0.3, 0.4) is 0 Å². The van der Waals surface area contributed by atoms with E-state index in [1.807, 2.05) is 0 Å². The van der Waals surface area contributed by atoms with E-state index in [0.29, 0.717) is 11.8 Å². The van der Waals surface area contributed by atoms with E-state index >= 15 is 0 Å². The maximum Gasteiger partial charge on any atom is 0.0351 e. The van der Waals surface area contributed by atoms with Gasteiger partial charge in [-0.2, -0.15) is 0 Å². The summed E-state index contributed by atoms with van der Waals surface area (Å²) in [6.45, 7) is 0. The van der Waals surface area contributed by atoms with Crippen molar-refractivity contribution < 1.29 is 0 Å². The van der Waals surface area contributed by atoms with Crippen LogP contribution >= 0.6 is 0 Å². The van der Waals surface area contributed by atoms with E-state index in [4.69, 9.17) is 0 Å². The van der Waals surface area contributed by atoms with E-state index < -0.39 is 0 Å². The summed E-state index contributed by atoms with van der Waals surface area (Å²) in [4.78, 5) is 0. The molecule has 0 N–H and O–H groups in total. The lowest BCUT2D eigenvalue weighted by molar-refractivity contribution is 0.253. The summed E-state index contributed by atoms with van der Waals surface area (Å²) in [7, 11) is 0. The van der Waals surface area contributed by atoms with Gasteiger partial charge in [0.15, 0.2) is 0 Å². The molecule has 0 aliphatic heterocycles. The summed E-state index contributed by atoms with van der Waals surface area (Å²) in [5, 5.41) is 2.67. The average molecular weight is 451 g/mol. The molecule has 35 heavy (non-hydrogen) atoms. The lowest BCUT2D eigenvalue weighted by Crippen LogP contribution is -2.37. The fraction of sp³-hybridized carbons (Fsp3) is 0.257. The molecule has 0 fully saturated rings. The van der Waals surface area contributed by atoms with Crippen LogP contribution in [0.2, 0.25) is 0 Å². The molecule has 6 aliphatic rings. The molecule has 0 bridgehead atoms. The topological polar surface area (TPSA) is 0 Å². The SMILES string of the molecule is C1=CCC2C(=C1)C1=C(C=CCC1)C21C2=C(CCC(c3ccc4ccccc4c3)=C2)C2=CC=CCC21. The van der Waals surface area contributed by atoms with Gasteiger partial charge in [-0.3, -0.25) is 0 Å². The van der Waals surface area contributed by atoms with Crippen molar-refractivity contribution in [2.24, 2.45) is 17.3 Å². The van der Waals surface area contributed by atoms with Crippen LogP contribution in [-0.2, 0) is 0 Å². The molecule has 3 atom stereocenters. The fourth-order valence-corrected chi connectivity index (χ4v) is 8.25. The van der Waals surface area contributed by atoms with Crippen molar-refractivity contribution in [3.05, 3.63) is 136 Å². The molecule has 0 radical (unpaired) electrons. The lowest BCUT2D eigenvalue weighted by atomic mass is 9.59. The van der Waals surface area contributed by atoms with E-state index in [2.05, 4.69) is 97.1 Å². The average Bonchev–Trinajstić information content (AvgIpc) is 3.40. The Balaban J connectivity index is 1.37. The normalized spacial score (nSPS) is 30.2. The van der Waals surface area contributed by atoms with Crippen molar-refractivity contribution in [1.82, 2.24) is 0 Å². The smallest absolute Gasteiger partial charge is 0.0351 e. The van der Waals surface area contributed by atoms with Crippen LogP contribution in [-0.4, -0.2) is 0 Å². The molecule has 0 saturated carbocycles. The first-order valence-electron chi connectivity index (χ1n) is 13.4. The van der Waals surface area contributed by atoms with Crippen molar-refractivity contribution in [3.8, 4) is 0 Å². The Bertz CT molecular complexity index is 1530. The third-order valence-corrected chi connectivity index (χ3v) is 9.58. The summed E-state index contributed by atoms with van der Waals surface area (Å²) in [5.74, 6) is 1.14. The number of benzene rings is 2. The largest absolute Gasteiger partial charge is 0.0839 e. The Morgan fingerprint density at radius 1 is 0.686 bits per heavy atom. The van der Waals surface area contributed by atoms with Crippen molar-refractivity contribution in [2.75, 3.05) is 0 Å². The van der Waals surface area contributed by atoms with Crippen molar-refractivity contribution in [1.29, 1.82) is 0 Å². The summed E-state index contributed by atoms with van der Waals surface area (Å²) in [6.07, 6.45) is 29.0. The van der Waals surface area contributed by atoms with Crippen LogP contribution in [0.1, 0.15) is 44.1 Å². The Morgan fingerprint density at radius 3 is 2.23 bits per heavy atom. The standard InChI is InChI=1S/C35H30/c1-2-10-24-21-25(18-17-23(24)9-1)26-19-20-30-29-13-5-8-16-33(29)35(34(30)22-26)31-14-6-3-11-27(31)28-12-4-7-15-32(28)35/h1-3,5-11,13,15,17-18,21-22,31,33H,4,12,14,16,19-20H2. The first-order chi connectivity index (χ1) is 17.4. The van der Waals surface area contributed by atoms with Gasteiger partial charge >= 0.3 is 0 Å². The summed E-state index contributed by atoms with van der Waals surface area (Å²) < 4.78 is 0. The maximum atomic E-state index is 2.65. The number of hydrogen-bond acceptors (Lipinski definition) is 0. The molecule has 8 rings (SSSR count). The summed E-state index contributed by atoms with van der Waals surface area (Å²) in [6, 6.07) is 15.8. The van der Waals surface area contributed by atoms with Gasteiger partial charge in [-0.25, -0.2) is 0 Å². The number of hydrogen-bond donors (Lipinski definition) is 0. The fourth-order valence-electron chi connectivity index (χ4n) is 8.25. The molecule has 0 amide bonds. The van der Waals surface area contributed by atoms with Crippen LogP contribution in [0.4, 0.5) is 0 Å². The van der Waals surface area contributed by atoms with E-state index in [-0.39, 0.29) is 5.41 Å². The van der Waals surface area contributed by atoms with Crippen molar-refractivity contribution in [2.45, 2.75) is 38.5 Å². The number of allylic oxidation sites excluding steroid dienone is 16. The zero-order valence-corrected chi connectivity index (χ0v) is 20.1. The Labute approximate surface area is 208 Å². The number of rotatable bonds is 1. The second-order valence-electron chi connectivity index (χ2n) is 11.0. The van der Waals surface area contributed by atoms with E-state index in [1.54, 1.807) is 33.4 Å². The van der Waals surface area contributed by atoms with Crippen LogP contribution < -0.4 is 0 Å². The van der Waals surface area contributed by atoms with Gasteiger partial charge in [-0.15, -0.1) is 0 Å². The molecule has 2 aromatic carbocycles. The van der Waals surface area contributed by atoms with Gasteiger partial charge in [0, 0.05) is 17.3 Å². The molecule has 0 nitrogen and oxygen atoms in total. The van der Waals surface area contributed by atoms with Gasteiger partial charge in [-0.05, 0) is 99.9 Å². The number of fused-ring (bicyclic) bond motifs is 9. The molecule has 0 heterocycles. The Morgan fingerprint density at radius 2 is 1.43 bits per heavy atom. The second kappa shape index (κ2) is 7.31. The highest BCUT2D eigenvalue weighted by Gasteiger charge is 2.61. The van der Waals surface area contributed by atoms with Crippen LogP contribution in [0.15, 0.2) is 131 Å². The molecule has 0 saturated heterocycles. The van der Waals surface area contributed by atoms with E-state index in [0.717, 1.165) is 19.3 Å². The van der Waals surface area contributed by atoms with Gasteiger partial charge < -0.3 is 0 Å². The Hall–Kier alpha value is -3.38. The van der Waals surface area contributed by atoms with Gasteiger partial charge in [0.05, 0.1) is 0 Å². The quantitative estimate of drug-likeness (QED) is 0.407. The first-order valence-corrected chi connectivity index (χ1v) is 13.4. The lowest BCUT2D eigenvalue weighted by Gasteiger charge is -2.43. The van der Waals surface area contributed by atoms with E-state index in [1.165, 1.54) is 41.2 Å². The zero-order chi connectivity index (χ0) is 23.0. The highest BCUT2D eigenvalue weighted by molar-refractivity contribution is 5.87. The molecule has 2 aromatic rings. The van der Waals surface area contributed by atoms with E-state index in [9.17, 15) is 0 Å². The zero-order valence-electron chi connectivity index (χ0n) is 20.1. The third kappa shape index (κ3) is 2.58. The van der Waals surface area contributed by atoms with Crippen molar-refractivity contribution in [3.63, 3.8) is 0 Å². The predicted molar refractivity (Wildman–Crippen MR) is 147 cm³/mol. The molecule has 0 aromatic heterocycles. The van der Waals surface area contributed by atoms with Gasteiger partial charge in [-0.1, -0.05) is 91.1 Å². The molecular weight excluding hydrogens is 420 g/mol. The molecule has 0 heteroatoms. The molecule has 6 aliphatic carbocycles. The van der Waals surface area contributed by atoms with Gasteiger partial charge in [0.2, 0.25) is 0 Å². The molecular formula is C35H30. The van der Waals surface area contributed by atoms with Crippen LogP contribution in [0, 0.1) is 17.3 Å². The van der Waals surface area contributed by atoms with Crippen molar-refractivity contribution >= 4 is 16.3 Å². The summed E-state index contributed by atoms with van der Waals surface area (Å²) >= 11 is 0. The minimum absolute atomic E-state index is 0.0945. The van der Waals surface area contributed by atoms with Crippen LogP contribution in [0.5, 0.6) is 0 Å². The molecule has 170 valence electrons. The molecule has 1 spiro atoms. The Kier molecular flexibility index (Phi) is 4.15. The first kappa shape index (κ1) is 19.9. The van der Waals surface area contributed by atoms with Crippen LogP contribution in [0.25, 0.3) is 16.3 Å². The monoisotopic (exact) mass is 450 g/mol. The minimum Gasteiger partial charge on any atom is -0.0839 e. The highest BCUT2D eigenvalue weighted by atomic mass is 14.6. The van der Waals surface area contributed by atoms with Gasteiger partial charge in [0.1, 0.15) is 0 Å². The van der Waals surface area contributed by atoms with Gasteiger partial charge in [0.25, 0.3) is 0 Å².